The lowest BCUT2D eigenvalue weighted by Crippen LogP contribution is -2.38. The standard InChI is InChI=1S/C13H19N3OS/c1-2-8-16(9-6-14)11-13(17)15-7-5-12-4-3-10-18-12/h3-4,10H,2,5,7-9,11H2,1H3,(H,15,17). The predicted molar refractivity (Wildman–Crippen MR) is 73.4 cm³/mol. The largest absolute Gasteiger partial charge is 0.355 e. The highest BCUT2D eigenvalue weighted by atomic mass is 32.1. The van der Waals surface area contributed by atoms with Gasteiger partial charge in [0.1, 0.15) is 0 Å². The van der Waals surface area contributed by atoms with Crippen molar-refractivity contribution in [1.29, 1.82) is 5.26 Å². The molecular formula is C13H19N3OS. The van der Waals surface area contributed by atoms with Gasteiger partial charge in [-0.3, -0.25) is 9.69 Å². The average molecular weight is 265 g/mol. The molecule has 18 heavy (non-hydrogen) atoms. The molecule has 1 rings (SSSR count). The molecule has 0 unspecified atom stereocenters. The fourth-order valence-electron chi connectivity index (χ4n) is 1.67. The van der Waals surface area contributed by atoms with Crippen LogP contribution in [0.25, 0.3) is 0 Å². The number of hydrogen-bond acceptors (Lipinski definition) is 4. The van der Waals surface area contributed by atoms with E-state index in [1.165, 1.54) is 4.88 Å². The molecule has 0 saturated heterocycles. The Morgan fingerprint density at radius 3 is 3.06 bits per heavy atom. The Kier molecular flexibility index (Phi) is 7.07. The van der Waals surface area contributed by atoms with Crippen LogP contribution in [0.2, 0.25) is 0 Å². The first-order chi connectivity index (χ1) is 8.76. The van der Waals surface area contributed by atoms with Gasteiger partial charge in [-0.2, -0.15) is 5.26 Å². The average Bonchev–Trinajstić information content (AvgIpc) is 2.82. The third-order valence-electron chi connectivity index (χ3n) is 2.48. The Bertz CT molecular complexity index is 383. The van der Waals surface area contributed by atoms with E-state index in [4.69, 9.17) is 5.26 Å². The zero-order valence-corrected chi connectivity index (χ0v) is 11.5. The normalized spacial score (nSPS) is 10.3. The van der Waals surface area contributed by atoms with Crippen LogP contribution in [0.3, 0.4) is 0 Å². The number of nitriles is 1. The van der Waals surface area contributed by atoms with Crippen LogP contribution >= 0.6 is 11.3 Å². The summed E-state index contributed by atoms with van der Waals surface area (Å²) in [5, 5.41) is 13.6. The third-order valence-corrected chi connectivity index (χ3v) is 3.41. The maximum absolute atomic E-state index is 11.7. The summed E-state index contributed by atoms with van der Waals surface area (Å²) in [7, 11) is 0. The van der Waals surface area contributed by atoms with E-state index in [9.17, 15) is 4.79 Å². The van der Waals surface area contributed by atoms with Crippen molar-refractivity contribution < 1.29 is 4.79 Å². The highest BCUT2D eigenvalue weighted by Crippen LogP contribution is 2.07. The van der Waals surface area contributed by atoms with Crippen molar-refractivity contribution in [2.75, 3.05) is 26.2 Å². The number of thiophene rings is 1. The second-order valence-corrected chi connectivity index (χ2v) is 5.08. The van der Waals surface area contributed by atoms with Crippen molar-refractivity contribution in [2.24, 2.45) is 0 Å². The molecule has 5 heteroatoms. The summed E-state index contributed by atoms with van der Waals surface area (Å²) in [6.07, 6.45) is 1.82. The van der Waals surface area contributed by atoms with E-state index in [0.29, 0.717) is 19.6 Å². The van der Waals surface area contributed by atoms with Crippen molar-refractivity contribution >= 4 is 17.2 Å². The van der Waals surface area contributed by atoms with Crippen LogP contribution < -0.4 is 5.32 Å². The molecule has 1 N–H and O–H groups in total. The van der Waals surface area contributed by atoms with Gasteiger partial charge in [-0.15, -0.1) is 11.3 Å². The number of rotatable bonds is 8. The van der Waals surface area contributed by atoms with Crippen molar-refractivity contribution in [3.63, 3.8) is 0 Å². The maximum atomic E-state index is 11.7. The first-order valence-corrected chi connectivity index (χ1v) is 7.02. The molecule has 0 aliphatic carbocycles. The van der Waals surface area contributed by atoms with E-state index in [2.05, 4.69) is 17.5 Å². The van der Waals surface area contributed by atoms with Crippen LogP contribution in [0.15, 0.2) is 17.5 Å². The minimum atomic E-state index is -0.00439. The Labute approximate surface area is 112 Å². The highest BCUT2D eigenvalue weighted by molar-refractivity contribution is 7.09. The van der Waals surface area contributed by atoms with Crippen molar-refractivity contribution in [3.8, 4) is 6.07 Å². The topological polar surface area (TPSA) is 56.1 Å². The van der Waals surface area contributed by atoms with Gasteiger partial charge >= 0.3 is 0 Å². The molecule has 1 aromatic rings. The number of nitrogens with one attached hydrogen (secondary N) is 1. The molecular weight excluding hydrogens is 246 g/mol. The SMILES string of the molecule is CCCN(CC#N)CC(=O)NCCc1cccs1. The van der Waals surface area contributed by atoms with E-state index < -0.39 is 0 Å². The van der Waals surface area contributed by atoms with Gasteiger partial charge in [-0.25, -0.2) is 0 Å². The predicted octanol–water partition coefficient (Wildman–Crippen LogP) is 1.64. The number of amides is 1. The molecule has 0 bridgehead atoms. The lowest BCUT2D eigenvalue weighted by Gasteiger charge is -2.17. The first-order valence-electron chi connectivity index (χ1n) is 6.14. The fraction of sp³-hybridized carbons (Fsp3) is 0.538. The molecule has 1 heterocycles. The van der Waals surface area contributed by atoms with Gasteiger partial charge in [0.2, 0.25) is 5.91 Å². The Balaban J connectivity index is 2.21. The second-order valence-electron chi connectivity index (χ2n) is 4.05. The molecule has 1 aromatic heterocycles. The molecule has 0 aromatic carbocycles. The van der Waals surface area contributed by atoms with Crippen LogP contribution in [-0.4, -0.2) is 37.0 Å². The van der Waals surface area contributed by atoms with E-state index in [0.717, 1.165) is 19.4 Å². The summed E-state index contributed by atoms with van der Waals surface area (Å²) in [6, 6.07) is 6.16. The van der Waals surface area contributed by atoms with Crippen molar-refractivity contribution in [3.05, 3.63) is 22.4 Å². The molecule has 0 radical (unpaired) electrons. The highest BCUT2D eigenvalue weighted by Gasteiger charge is 2.08. The van der Waals surface area contributed by atoms with E-state index >= 15 is 0 Å². The summed E-state index contributed by atoms with van der Waals surface area (Å²) in [4.78, 5) is 14.8. The second kappa shape index (κ2) is 8.67. The van der Waals surface area contributed by atoms with Gasteiger partial charge in [-0.1, -0.05) is 13.0 Å². The molecule has 0 saturated carbocycles. The fourth-order valence-corrected chi connectivity index (χ4v) is 2.38. The summed E-state index contributed by atoms with van der Waals surface area (Å²) in [6.45, 7) is 4.11. The lowest BCUT2D eigenvalue weighted by atomic mass is 10.3. The lowest BCUT2D eigenvalue weighted by molar-refractivity contribution is -0.122. The number of hydrogen-bond donors (Lipinski definition) is 1. The zero-order chi connectivity index (χ0) is 13.2. The number of carbonyl (C=O) groups is 1. The quantitative estimate of drug-likeness (QED) is 0.727. The zero-order valence-electron chi connectivity index (χ0n) is 10.7. The van der Waals surface area contributed by atoms with Crippen LogP contribution in [0.1, 0.15) is 18.2 Å². The van der Waals surface area contributed by atoms with E-state index in [1.54, 1.807) is 11.3 Å². The molecule has 1 amide bonds. The molecule has 0 fully saturated rings. The van der Waals surface area contributed by atoms with E-state index in [1.807, 2.05) is 23.3 Å². The van der Waals surface area contributed by atoms with E-state index in [-0.39, 0.29) is 5.91 Å². The van der Waals surface area contributed by atoms with Gasteiger partial charge < -0.3 is 5.32 Å². The van der Waals surface area contributed by atoms with Crippen LogP contribution in [0.5, 0.6) is 0 Å². The smallest absolute Gasteiger partial charge is 0.234 e. The van der Waals surface area contributed by atoms with Crippen molar-refractivity contribution in [1.82, 2.24) is 10.2 Å². The first kappa shape index (κ1) is 14.7. The van der Waals surface area contributed by atoms with Gasteiger partial charge in [0.05, 0.1) is 19.2 Å². The molecule has 0 aliphatic heterocycles. The van der Waals surface area contributed by atoms with Gasteiger partial charge in [0.15, 0.2) is 0 Å². The Hall–Kier alpha value is -1.38. The van der Waals surface area contributed by atoms with Gasteiger partial charge in [-0.05, 0) is 30.8 Å². The summed E-state index contributed by atoms with van der Waals surface area (Å²) in [5.74, 6) is -0.00439. The van der Waals surface area contributed by atoms with Crippen LogP contribution in [0, 0.1) is 11.3 Å². The number of nitrogens with zero attached hydrogens (tertiary/aromatic N) is 2. The van der Waals surface area contributed by atoms with Crippen LogP contribution in [-0.2, 0) is 11.2 Å². The summed E-state index contributed by atoms with van der Waals surface area (Å²) < 4.78 is 0. The minimum absolute atomic E-state index is 0.00439. The molecule has 0 spiro atoms. The Morgan fingerprint density at radius 1 is 1.61 bits per heavy atom. The molecule has 0 aliphatic rings. The van der Waals surface area contributed by atoms with Crippen molar-refractivity contribution in [2.45, 2.75) is 19.8 Å². The third kappa shape index (κ3) is 5.80. The molecule has 98 valence electrons. The molecule has 4 nitrogen and oxygen atoms in total. The minimum Gasteiger partial charge on any atom is -0.355 e. The summed E-state index contributed by atoms with van der Waals surface area (Å²) in [5.41, 5.74) is 0. The van der Waals surface area contributed by atoms with Crippen LogP contribution in [0.4, 0.5) is 0 Å². The summed E-state index contributed by atoms with van der Waals surface area (Å²) >= 11 is 1.70. The van der Waals surface area contributed by atoms with Gasteiger partial charge in [0.25, 0.3) is 0 Å². The van der Waals surface area contributed by atoms with Gasteiger partial charge in [0, 0.05) is 11.4 Å². The number of carbonyl (C=O) groups excluding carboxylic acids is 1. The maximum Gasteiger partial charge on any atom is 0.234 e. The Morgan fingerprint density at radius 2 is 2.44 bits per heavy atom. The molecule has 0 atom stereocenters. The monoisotopic (exact) mass is 265 g/mol.